The van der Waals surface area contributed by atoms with Gasteiger partial charge in [-0.3, -0.25) is 12.9 Å². The number of Topliss-reactive ketones (excluding diaryl/α,β-unsaturated/α-hetero) is 1. The maximum atomic E-state index is 12.8. The van der Waals surface area contributed by atoms with Crippen LogP contribution in [0.25, 0.3) is 10.9 Å². The third kappa shape index (κ3) is 5.41. The van der Waals surface area contributed by atoms with Crippen molar-refractivity contribution in [1.29, 1.82) is 5.26 Å². The minimum Gasteiger partial charge on any atom is -0.495 e. The molecule has 0 spiro atoms. The van der Waals surface area contributed by atoms with Gasteiger partial charge in [0.2, 0.25) is 5.78 Å². The number of ether oxygens (including phenoxy) is 2. The average Bonchev–Trinajstić information content (AvgIpc) is 2.92. The Kier molecular flexibility index (Phi) is 6.79. The van der Waals surface area contributed by atoms with E-state index in [0.717, 1.165) is 5.39 Å². The van der Waals surface area contributed by atoms with Crippen molar-refractivity contribution in [2.45, 2.75) is 26.4 Å². The van der Waals surface area contributed by atoms with Crippen molar-refractivity contribution in [1.82, 2.24) is 7.68 Å². The molecule has 1 aromatic heterocycles. The van der Waals surface area contributed by atoms with Crippen molar-refractivity contribution in [2.24, 2.45) is 0 Å². The molecule has 2 aromatic rings. The zero-order valence-corrected chi connectivity index (χ0v) is 19.3. The van der Waals surface area contributed by atoms with Gasteiger partial charge >= 0.3 is 6.09 Å². The van der Waals surface area contributed by atoms with Gasteiger partial charge in [-0.1, -0.05) is 0 Å². The van der Waals surface area contributed by atoms with Crippen LogP contribution in [0.5, 0.6) is 5.75 Å². The number of carbonyl (C=O) groups excluding carboxylic acids is 2. The Morgan fingerprint density at radius 3 is 2.45 bits per heavy atom. The van der Waals surface area contributed by atoms with Crippen molar-refractivity contribution >= 4 is 51.3 Å². The Hall–Kier alpha value is -2.74. The molecule has 29 heavy (non-hydrogen) atoms. The summed E-state index contributed by atoms with van der Waals surface area (Å²) in [5, 5.41) is 12.7. The Morgan fingerprint density at radius 1 is 1.28 bits per heavy atom. The van der Waals surface area contributed by atoms with Crippen LogP contribution in [0.3, 0.4) is 0 Å². The number of carbonyl (C=O) groups is 2. The first-order chi connectivity index (χ1) is 13.5. The van der Waals surface area contributed by atoms with Gasteiger partial charge in [0.15, 0.2) is 0 Å². The summed E-state index contributed by atoms with van der Waals surface area (Å²) in [6.45, 7) is 5.32. The standard InChI is InChI=1S/C20H23IN4O4/c1-20(2,3)29-19(27)23-14-9-15-12(8-17(14)28-6)7-16(25(15)21)18(26)13(10-22)11-24(4)5/h7-9,11H,1-6H3,(H,23,27)/b13-11+. The predicted octanol–water partition coefficient (Wildman–Crippen LogP) is 4.35. The number of halogens is 1. The molecule has 8 nitrogen and oxygen atoms in total. The summed E-state index contributed by atoms with van der Waals surface area (Å²) in [4.78, 5) is 26.6. The van der Waals surface area contributed by atoms with Crippen LogP contribution < -0.4 is 10.1 Å². The van der Waals surface area contributed by atoms with Gasteiger partial charge in [0, 0.05) is 25.7 Å². The summed E-state index contributed by atoms with van der Waals surface area (Å²) in [6, 6.07) is 7.04. The molecule has 0 unspecified atom stereocenters. The summed E-state index contributed by atoms with van der Waals surface area (Å²) < 4.78 is 12.3. The number of rotatable bonds is 5. The number of amides is 1. The number of nitrogens with zero attached hydrogens (tertiary/aromatic N) is 3. The summed E-state index contributed by atoms with van der Waals surface area (Å²) in [5.74, 6) is 0.0288. The van der Waals surface area contributed by atoms with E-state index in [0.29, 0.717) is 22.6 Å². The minimum absolute atomic E-state index is 0.0230. The summed E-state index contributed by atoms with van der Waals surface area (Å²) >= 11 is 1.99. The number of aromatic nitrogens is 1. The number of benzene rings is 1. The average molecular weight is 510 g/mol. The number of nitrogens with one attached hydrogen (secondary N) is 1. The molecule has 154 valence electrons. The third-order valence-electron chi connectivity index (χ3n) is 3.68. The maximum absolute atomic E-state index is 12.8. The minimum atomic E-state index is -0.642. The molecule has 0 radical (unpaired) electrons. The van der Waals surface area contributed by atoms with E-state index in [1.165, 1.54) is 13.3 Å². The molecule has 1 heterocycles. The van der Waals surface area contributed by atoms with Gasteiger partial charge in [-0.25, -0.2) is 4.79 Å². The highest BCUT2D eigenvalue weighted by Crippen LogP contribution is 2.34. The molecule has 0 saturated carbocycles. The van der Waals surface area contributed by atoms with Gasteiger partial charge in [0.05, 0.1) is 41.2 Å². The lowest BCUT2D eigenvalue weighted by Crippen LogP contribution is -2.27. The van der Waals surface area contributed by atoms with Crippen molar-refractivity contribution < 1.29 is 19.1 Å². The molecule has 2 rings (SSSR count). The Bertz CT molecular complexity index is 1030. The number of ketones is 1. The summed E-state index contributed by atoms with van der Waals surface area (Å²) in [6.07, 6.45) is 0.867. The van der Waals surface area contributed by atoms with Crippen LogP contribution in [-0.4, -0.2) is 46.4 Å². The number of fused-ring (bicyclic) bond motifs is 1. The number of allylic oxidation sites excluding steroid dienone is 1. The van der Waals surface area contributed by atoms with Gasteiger partial charge in [-0.2, -0.15) is 5.26 Å². The van der Waals surface area contributed by atoms with Crippen LogP contribution in [0.4, 0.5) is 10.5 Å². The van der Waals surface area contributed by atoms with E-state index in [4.69, 9.17) is 9.47 Å². The summed E-state index contributed by atoms with van der Waals surface area (Å²) in [7, 11) is 4.97. The predicted molar refractivity (Wildman–Crippen MR) is 119 cm³/mol. The Balaban J connectivity index is 2.50. The molecule has 1 aromatic carbocycles. The number of hydrogen-bond acceptors (Lipinski definition) is 6. The van der Waals surface area contributed by atoms with Crippen LogP contribution in [0, 0.1) is 11.3 Å². The second kappa shape index (κ2) is 8.73. The molecule has 1 N–H and O–H groups in total. The zero-order valence-electron chi connectivity index (χ0n) is 17.2. The molecular formula is C20H23IN4O4. The molecule has 0 bridgehead atoms. The molecule has 0 fully saturated rings. The highest BCUT2D eigenvalue weighted by atomic mass is 127. The zero-order chi connectivity index (χ0) is 21.9. The lowest BCUT2D eigenvalue weighted by molar-refractivity contribution is 0.0635. The van der Waals surface area contributed by atoms with E-state index < -0.39 is 17.5 Å². The van der Waals surface area contributed by atoms with Gasteiger partial charge < -0.3 is 14.4 Å². The molecule has 1 amide bonds. The van der Waals surface area contributed by atoms with E-state index in [9.17, 15) is 14.9 Å². The molecule has 0 saturated heterocycles. The molecule has 0 aliphatic carbocycles. The lowest BCUT2D eigenvalue weighted by atomic mass is 10.1. The largest absolute Gasteiger partial charge is 0.495 e. The van der Waals surface area contributed by atoms with Gasteiger partial charge in [0.25, 0.3) is 0 Å². The molecule has 0 aliphatic heterocycles. The highest BCUT2D eigenvalue weighted by molar-refractivity contribution is 14.1. The first-order valence-corrected chi connectivity index (χ1v) is 9.66. The first-order valence-electron chi connectivity index (χ1n) is 8.69. The summed E-state index contributed by atoms with van der Waals surface area (Å²) in [5.41, 5.74) is 0.815. The number of hydrogen-bond donors (Lipinski definition) is 1. The Morgan fingerprint density at radius 2 is 1.93 bits per heavy atom. The van der Waals surface area contributed by atoms with Crippen LogP contribution in [0.1, 0.15) is 31.3 Å². The maximum Gasteiger partial charge on any atom is 0.412 e. The fourth-order valence-corrected chi connectivity index (χ4v) is 3.35. The monoisotopic (exact) mass is 510 g/mol. The van der Waals surface area contributed by atoms with Crippen LogP contribution >= 0.6 is 22.9 Å². The highest BCUT2D eigenvalue weighted by Gasteiger charge is 2.22. The number of nitriles is 1. The molecular weight excluding hydrogens is 487 g/mol. The smallest absolute Gasteiger partial charge is 0.412 e. The Labute approximate surface area is 183 Å². The lowest BCUT2D eigenvalue weighted by Gasteiger charge is -2.20. The van der Waals surface area contributed by atoms with Gasteiger partial charge in [0.1, 0.15) is 28.7 Å². The quantitative estimate of drug-likeness (QED) is 0.278. The van der Waals surface area contributed by atoms with Crippen molar-refractivity contribution in [2.75, 3.05) is 26.5 Å². The van der Waals surface area contributed by atoms with E-state index in [1.54, 1.807) is 60.7 Å². The first kappa shape index (κ1) is 22.5. The van der Waals surface area contributed by atoms with E-state index >= 15 is 0 Å². The number of methoxy groups -OCH3 is 1. The topological polar surface area (TPSA) is 96.6 Å². The van der Waals surface area contributed by atoms with Crippen molar-refractivity contribution in [3.63, 3.8) is 0 Å². The van der Waals surface area contributed by atoms with Gasteiger partial charge in [-0.15, -0.1) is 0 Å². The van der Waals surface area contributed by atoms with E-state index in [-0.39, 0.29) is 5.57 Å². The van der Waals surface area contributed by atoms with Crippen LogP contribution in [-0.2, 0) is 4.74 Å². The molecule has 9 heteroatoms. The third-order valence-corrected chi connectivity index (χ3v) is 4.72. The van der Waals surface area contributed by atoms with Gasteiger partial charge in [-0.05, 0) is 39.0 Å². The SMILES string of the molecule is COc1cc2cc(C(=O)/C(C#N)=C/N(C)C)n(I)c2cc1NC(=O)OC(C)(C)C. The number of anilines is 1. The van der Waals surface area contributed by atoms with Crippen LogP contribution in [0.15, 0.2) is 30.0 Å². The van der Waals surface area contributed by atoms with Crippen molar-refractivity contribution in [3.05, 3.63) is 35.7 Å². The van der Waals surface area contributed by atoms with E-state index in [1.807, 2.05) is 28.9 Å². The molecule has 0 aliphatic rings. The van der Waals surface area contributed by atoms with Crippen LogP contribution in [0.2, 0.25) is 0 Å². The fraction of sp³-hybridized carbons (Fsp3) is 0.350. The second-order valence-electron chi connectivity index (χ2n) is 7.50. The van der Waals surface area contributed by atoms with Crippen molar-refractivity contribution in [3.8, 4) is 11.8 Å². The molecule has 0 atom stereocenters. The second-order valence-corrected chi connectivity index (χ2v) is 8.46. The van der Waals surface area contributed by atoms with E-state index in [2.05, 4.69) is 5.32 Å². The fourth-order valence-electron chi connectivity index (χ4n) is 2.57. The normalized spacial score (nSPS) is 11.7.